The molecule has 0 saturated heterocycles. The first-order valence-electron chi connectivity index (χ1n) is 5.70. The highest BCUT2D eigenvalue weighted by Crippen LogP contribution is 2.27. The zero-order valence-electron chi connectivity index (χ0n) is 10.1. The molecule has 18 heavy (non-hydrogen) atoms. The average Bonchev–Trinajstić information content (AvgIpc) is 2.33. The number of hydrogen-bond acceptors (Lipinski definition) is 2. The molecule has 0 bridgehead atoms. The van der Waals surface area contributed by atoms with E-state index >= 15 is 0 Å². The molecule has 1 atom stereocenters. The molecule has 0 radical (unpaired) electrons. The van der Waals surface area contributed by atoms with Gasteiger partial charge in [-0.2, -0.15) is 18.4 Å². The molecule has 0 fully saturated rings. The van der Waals surface area contributed by atoms with Gasteiger partial charge in [0.2, 0.25) is 0 Å². The molecule has 0 N–H and O–H groups in total. The zero-order chi connectivity index (χ0) is 13.6. The number of nitrogens with zero attached hydrogens (tertiary/aromatic N) is 2. The maximum Gasteiger partial charge on any atom is 0.401 e. The van der Waals surface area contributed by atoms with Gasteiger partial charge in [-0.1, -0.05) is 37.3 Å². The molecule has 0 heterocycles. The fourth-order valence-corrected chi connectivity index (χ4v) is 1.89. The minimum absolute atomic E-state index is 0.0495. The quantitative estimate of drug-likeness (QED) is 0.805. The number of alkyl halides is 3. The highest BCUT2D eigenvalue weighted by atomic mass is 19.4. The lowest BCUT2D eigenvalue weighted by atomic mass is 10.0. The monoisotopic (exact) mass is 256 g/mol. The Balaban J connectivity index is 2.93. The molecule has 2 nitrogen and oxygen atoms in total. The zero-order valence-corrected chi connectivity index (χ0v) is 10.1. The molecule has 0 saturated carbocycles. The fraction of sp³-hybridized carbons (Fsp3) is 0.462. The summed E-state index contributed by atoms with van der Waals surface area (Å²) in [5, 5.41) is 8.78. The molecule has 1 aromatic carbocycles. The second kappa shape index (κ2) is 6.41. The van der Waals surface area contributed by atoms with Gasteiger partial charge in [-0.25, -0.2) is 0 Å². The van der Waals surface area contributed by atoms with Crippen LogP contribution < -0.4 is 0 Å². The van der Waals surface area contributed by atoms with Crippen LogP contribution in [0.3, 0.4) is 0 Å². The first kappa shape index (κ1) is 14.5. The molecular formula is C13H15F3N2. The second-order valence-electron chi connectivity index (χ2n) is 3.97. The van der Waals surface area contributed by atoms with Gasteiger partial charge in [0.25, 0.3) is 0 Å². The summed E-state index contributed by atoms with van der Waals surface area (Å²) in [6, 6.07) is 10.3. The Morgan fingerprint density at radius 3 is 2.33 bits per heavy atom. The normalized spacial score (nSPS) is 13.3. The van der Waals surface area contributed by atoms with Crippen LogP contribution in [0, 0.1) is 11.3 Å². The van der Waals surface area contributed by atoms with Crippen LogP contribution in [0.25, 0.3) is 0 Å². The smallest absolute Gasteiger partial charge is 0.287 e. The molecule has 0 aliphatic rings. The van der Waals surface area contributed by atoms with Crippen molar-refractivity contribution < 1.29 is 13.2 Å². The predicted molar refractivity (Wildman–Crippen MR) is 62.7 cm³/mol. The van der Waals surface area contributed by atoms with Crippen LogP contribution >= 0.6 is 0 Å². The van der Waals surface area contributed by atoms with E-state index in [1.807, 2.05) is 6.07 Å². The number of nitriles is 1. The molecule has 0 aliphatic heterocycles. The summed E-state index contributed by atoms with van der Waals surface area (Å²) < 4.78 is 37.5. The van der Waals surface area contributed by atoms with Gasteiger partial charge in [-0.15, -0.1) is 0 Å². The third-order valence-corrected chi connectivity index (χ3v) is 2.70. The SMILES string of the molecule is CCN(CC(F)(F)F)C(CC#N)c1ccccc1. The summed E-state index contributed by atoms with van der Waals surface area (Å²) >= 11 is 0. The van der Waals surface area contributed by atoms with E-state index in [2.05, 4.69) is 0 Å². The van der Waals surface area contributed by atoms with Crippen molar-refractivity contribution in [2.75, 3.05) is 13.1 Å². The largest absolute Gasteiger partial charge is 0.401 e. The first-order chi connectivity index (χ1) is 8.48. The highest BCUT2D eigenvalue weighted by molar-refractivity contribution is 5.20. The van der Waals surface area contributed by atoms with Gasteiger partial charge in [0, 0.05) is 6.04 Å². The molecule has 0 amide bonds. The Kier molecular flexibility index (Phi) is 5.17. The Morgan fingerprint density at radius 1 is 1.28 bits per heavy atom. The van der Waals surface area contributed by atoms with Crippen molar-refractivity contribution in [2.45, 2.75) is 25.6 Å². The van der Waals surface area contributed by atoms with Crippen molar-refractivity contribution in [3.05, 3.63) is 35.9 Å². The highest BCUT2D eigenvalue weighted by Gasteiger charge is 2.33. The van der Waals surface area contributed by atoms with Crippen LogP contribution in [0.2, 0.25) is 0 Å². The summed E-state index contributed by atoms with van der Waals surface area (Å²) in [7, 11) is 0. The van der Waals surface area contributed by atoms with Crippen molar-refractivity contribution >= 4 is 0 Å². The molecule has 5 heteroatoms. The van der Waals surface area contributed by atoms with Crippen molar-refractivity contribution in [2.24, 2.45) is 0 Å². The molecule has 1 aromatic rings. The Morgan fingerprint density at radius 2 is 1.89 bits per heavy atom. The summed E-state index contributed by atoms with van der Waals surface area (Å²) in [4.78, 5) is 1.28. The van der Waals surface area contributed by atoms with Crippen LogP contribution in [0.1, 0.15) is 24.9 Å². The lowest BCUT2D eigenvalue weighted by Crippen LogP contribution is -2.37. The lowest BCUT2D eigenvalue weighted by molar-refractivity contribution is -0.150. The number of halogens is 3. The molecule has 1 rings (SSSR count). The molecule has 0 spiro atoms. The maximum atomic E-state index is 12.5. The van der Waals surface area contributed by atoms with Gasteiger partial charge < -0.3 is 0 Å². The third kappa shape index (κ3) is 4.38. The number of rotatable bonds is 5. The van der Waals surface area contributed by atoms with Crippen LogP contribution in [-0.2, 0) is 0 Å². The van der Waals surface area contributed by atoms with Gasteiger partial charge in [-0.05, 0) is 12.1 Å². The maximum absolute atomic E-state index is 12.5. The van der Waals surface area contributed by atoms with Gasteiger partial charge in [0.1, 0.15) is 0 Å². The van der Waals surface area contributed by atoms with Gasteiger partial charge in [0.05, 0.1) is 19.0 Å². The van der Waals surface area contributed by atoms with Crippen LogP contribution in [-0.4, -0.2) is 24.2 Å². The Hall–Kier alpha value is -1.54. The molecular weight excluding hydrogens is 241 g/mol. The van der Waals surface area contributed by atoms with Gasteiger partial charge in [0.15, 0.2) is 0 Å². The minimum Gasteiger partial charge on any atom is -0.287 e. The van der Waals surface area contributed by atoms with Crippen LogP contribution in [0.15, 0.2) is 30.3 Å². The summed E-state index contributed by atoms with van der Waals surface area (Å²) in [5.74, 6) is 0. The second-order valence-corrected chi connectivity index (χ2v) is 3.97. The van der Waals surface area contributed by atoms with Crippen molar-refractivity contribution in [1.29, 1.82) is 5.26 Å². The van der Waals surface area contributed by atoms with E-state index < -0.39 is 18.8 Å². The van der Waals surface area contributed by atoms with Crippen molar-refractivity contribution in [3.63, 3.8) is 0 Å². The Bertz CT molecular complexity index is 395. The van der Waals surface area contributed by atoms with Crippen LogP contribution in [0.4, 0.5) is 13.2 Å². The third-order valence-electron chi connectivity index (χ3n) is 2.70. The standard InChI is InChI=1S/C13H15F3N2/c1-2-18(10-13(14,15)16)12(8-9-17)11-6-4-3-5-7-11/h3-7,12H,2,8,10H2,1H3. The summed E-state index contributed by atoms with van der Waals surface area (Å²) in [6.45, 7) is 0.921. The van der Waals surface area contributed by atoms with Gasteiger partial charge in [-0.3, -0.25) is 4.90 Å². The average molecular weight is 256 g/mol. The number of benzene rings is 1. The molecule has 0 aliphatic carbocycles. The van der Waals surface area contributed by atoms with E-state index in [9.17, 15) is 13.2 Å². The summed E-state index contributed by atoms with van der Waals surface area (Å²) in [5.41, 5.74) is 0.741. The number of hydrogen-bond donors (Lipinski definition) is 0. The lowest BCUT2D eigenvalue weighted by Gasteiger charge is -2.30. The predicted octanol–water partition coefficient (Wildman–Crippen LogP) is 3.53. The van der Waals surface area contributed by atoms with E-state index in [1.54, 1.807) is 37.3 Å². The van der Waals surface area contributed by atoms with E-state index in [4.69, 9.17) is 5.26 Å². The fourth-order valence-electron chi connectivity index (χ4n) is 1.89. The Labute approximate surface area is 105 Å². The van der Waals surface area contributed by atoms with Gasteiger partial charge >= 0.3 is 6.18 Å². The van der Waals surface area contributed by atoms with Crippen LogP contribution in [0.5, 0.6) is 0 Å². The van der Waals surface area contributed by atoms with E-state index in [0.717, 1.165) is 5.56 Å². The summed E-state index contributed by atoms with van der Waals surface area (Å²) in [6.07, 6.45) is -4.20. The molecule has 0 aromatic heterocycles. The van der Waals surface area contributed by atoms with E-state index in [0.29, 0.717) is 0 Å². The van der Waals surface area contributed by atoms with Crippen molar-refractivity contribution in [1.82, 2.24) is 4.90 Å². The van der Waals surface area contributed by atoms with E-state index in [-0.39, 0.29) is 13.0 Å². The molecule has 98 valence electrons. The molecule has 1 unspecified atom stereocenters. The minimum atomic E-state index is -4.25. The topological polar surface area (TPSA) is 27.0 Å². The van der Waals surface area contributed by atoms with E-state index in [1.165, 1.54) is 4.90 Å². The van der Waals surface area contributed by atoms with Crippen molar-refractivity contribution in [3.8, 4) is 6.07 Å². The first-order valence-corrected chi connectivity index (χ1v) is 5.70.